The molecule has 0 fully saturated rings. The predicted octanol–water partition coefficient (Wildman–Crippen LogP) is 9.82. The molecule has 4 rings (SSSR count). The van der Waals surface area contributed by atoms with Gasteiger partial charge in [-0.15, -0.1) is 0 Å². The van der Waals surface area contributed by atoms with Gasteiger partial charge in [0.05, 0.1) is 0 Å². The Labute approximate surface area is 302 Å². The van der Waals surface area contributed by atoms with Crippen LogP contribution in [0.3, 0.4) is 0 Å². The molecule has 0 bridgehead atoms. The van der Waals surface area contributed by atoms with E-state index >= 15 is 0 Å². The van der Waals surface area contributed by atoms with Crippen molar-refractivity contribution in [1.29, 1.82) is 0 Å². The zero-order chi connectivity index (χ0) is 35.2. The molecule has 0 amide bonds. The molecule has 0 spiro atoms. The normalized spacial score (nSPS) is 12.4. The van der Waals surface area contributed by atoms with E-state index < -0.39 is 6.34 Å². The van der Waals surface area contributed by atoms with Crippen molar-refractivity contribution in [3.05, 3.63) is 87.2 Å². The van der Waals surface area contributed by atoms with E-state index in [1.165, 1.54) is 72.5 Å². The van der Waals surface area contributed by atoms with Crippen LogP contribution in [0.25, 0.3) is 22.3 Å². The number of aromatic nitrogens is 2. The van der Waals surface area contributed by atoms with Crippen molar-refractivity contribution in [2.45, 2.75) is 132 Å². The van der Waals surface area contributed by atoms with Crippen LogP contribution in [0.15, 0.2) is 42.5 Å². The van der Waals surface area contributed by atoms with Crippen molar-refractivity contribution < 1.29 is 4.57 Å². The molecule has 252 valence electrons. The van der Waals surface area contributed by atoms with Gasteiger partial charge in [-0.2, -0.15) is 0 Å². The molecule has 1 heterocycles. The van der Waals surface area contributed by atoms with Gasteiger partial charge < -0.3 is 0 Å². The maximum absolute atomic E-state index is 2.53. The summed E-state index contributed by atoms with van der Waals surface area (Å²) in [7, 11) is 4.56. The van der Waals surface area contributed by atoms with Gasteiger partial charge in [-0.05, 0) is 0 Å². The summed E-state index contributed by atoms with van der Waals surface area (Å²) in [6.45, 7) is 33.0. The number of benzene rings is 3. The Kier molecular flexibility index (Phi) is 11.9. The summed E-state index contributed by atoms with van der Waals surface area (Å²) in [4.78, 5) is 0. The van der Waals surface area contributed by atoms with Crippen molar-refractivity contribution in [2.75, 3.05) is 0 Å². The fraction of sp³-hybridized carbons (Fsp3) is 0.512. The predicted molar refractivity (Wildman–Crippen MR) is 209 cm³/mol. The van der Waals surface area contributed by atoms with Gasteiger partial charge in [0.25, 0.3) is 0 Å². The minimum atomic E-state index is -1.24. The van der Waals surface area contributed by atoms with Gasteiger partial charge in [0.2, 0.25) is 0 Å². The van der Waals surface area contributed by atoms with Crippen LogP contribution in [-0.4, -0.2) is 32.4 Å². The third-order valence-corrected chi connectivity index (χ3v) is 15.8. The van der Waals surface area contributed by atoms with Crippen LogP contribution in [0.1, 0.15) is 163 Å². The van der Waals surface area contributed by atoms with Gasteiger partial charge in [-0.1, -0.05) is 0 Å². The zero-order valence-corrected chi connectivity index (χ0v) is 35.6. The first-order valence-electron chi connectivity index (χ1n) is 18.0. The minimum absolute atomic E-state index is 0.421. The zero-order valence-electron chi connectivity index (χ0n) is 32.3. The Morgan fingerprint density at radius 3 is 1.19 bits per heavy atom. The fourth-order valence-corrected chi connectivity index (χ4v) is 13.5. The molecule has 4 heteroatoms. The van der Waals surface area contributed by atoms with Crippen LogP contribution in [0.2, 0.25) is 0 Å². The summed E-state index contributed by atoms with van der Waals surface area (Å²) >= 11 is 2.45. The van der Waals surface area contributed by atoms with Crippen molar-refractivity contribution in [1.82, 2.24) is 4.57 Å². The molecule has 0 atom stereocenters. The Morgan fingerprint density at radius 1 is 0.596 bits per heavy atom. The van der Waals surface area contributed by atoms with E-state index in [0.717, 1.165) is 0 Å². The van der Waals surface area contributed by atoms with E-state index in [0.29, 0.717) is 35.5 Å². The van der Waals surface area contributed by atoms with E-state index in [4.69, 9.17) is 0 Å². The molecule has 0 saturated heterocycles. The third-order valence-electron chi connectivity index (χ3n) is 10.5. The second kappa shape index (κ2) is 14.8. The monoisotopic (exact) mass is 763 g/mol. The molecule has 0 N–H and O–H groups in total. The summed E-state index contributed by atoms with van der Waals surface area (Å²) in [5.74, 6) is 2.67. The Balaban J connectivity index is 2.30. The average molecular weight is 762 g/mol. The number of nitrogens with zero attached hydrogens (tertiary/aromatic N) is 2. The van der Waals surface area contributed by atoms with Gasteiger partial charge in [-0.3, -0.25) is 0 Å². The van der Waals surface area contributed by atoms with Crippen LogP contribution in [-0.2, 0) is 14.1 Å². The van der Waals surface area contributed by atoms with Crippen LogP contribution in [0.5, 0.6) is 0 Å². The van der Waals surface area contributed by atoms with Gasteiger partial charge in [0.15, 0.2) is 0 Å². The summed E-state index contributed by atoms with van der Waals surface area (Å²) in [5.41, 5.74) is 18.9. The van der Waals surface area contributed by atoms with Gasteiger partial charge in [0, 0.05) is 0 Å². The number of hydrogen-bond donors (Lipinski definition) is 0. The molecular weight excluding hydrogens is 700 g/mol. The first kappa shape index (κ1) is 37.7. The van der Waals surface area contributed by atoms with Crippen molar-refractivity contribution in [2.24, 2.45) is 14.1 Å². The van der Waals surface area contributed by atoms with Crippen molar-refractivity contribution in [3.8, 4) is 22.3 Å². The van der Waals surface area contributed by atoms with Crippen LogP contribution < -0.4 is 15.2 Å². The molecule has 0 aliphatic carbocycles. The number of imidazole rings is 1. The molecule has 1 aromatic heterocycles. The third kappa shape index (κ3) is 7.13. The van der Waals surface area contributed by atoms with Gasteiger partial charge in [0.1, 0.15) is 0 Å². The molecule has 47 heavy (non-hydrogen) atoms. The summed E-state index contributed by atoms with van der Waals surface area (Å²) in [5, 5.41) is 1.56. The maximum atomic E-state index is 2.53. The molecule has 2 nitrogen and oxygen atoms in total. The Hall–Kier alpha value is -2.12. The Bertz CT molecular complexity index is 1570. The van der Waals surface area contributed by atoms with E-state index in [2.05, 4.69) is 184 Å². The second-order valence-electron chi connectivity index (χ2n) is 15.7. The molecule has 2 radical (unpaired) electrons. The summed E-state index contributed by atoms with van der Waals surface area (Å²) in [6, 6.07) is 17.4. The quantitative estimate of drug-likeness (QED) is 0.113. The van der Waals surface area contributed by atoms with Crippen molar-refractivity contribution >= 4 is 38.5 Å². The van der Waals surface area contributed by atoms with Crippen molar-refractivity contribution in [3.63, 3.8) is 0 Å². The molecular formula is C43H61N2SiTe+. The van der Waals surface area contributed by atoms with Gasteiger partial charge >= 0.3 is 304 Å². The fourth-order valence-electron chi connectivity index (χ4n) is 7.19. The average Bonchev–Trinajstić information content (AvgIpc) is 3.20. The van der Waals surface area contributed by atoms with E-state index in [1.807, 2.05) is 0 Å². The number of rotatable bonds is 10. The summed E-state index contributed by atoms with van der Waals surface area (Å²) < 4.78 is 4.96. The molecule has 0 aliphatic rings. The SMILES string of the molecule is Cc1c(C)[n+](C)c([Si]([Te])c2c(-c3c(C(C)C)cc(C(C)C)cc3C(C)C)cccc2-c2c(C(C)C)cc(C(C)C)cc2C(C)C)n1C. The Morgan fingerprint density at radius 2 is 0.936 bits per heavy atom. The number of hydrogen-bond acceptors (Lipinski definition) is 0. The molecule has 3 aromatic carbocycles. The molecule has 0 unspecified atom stereocenters. The van der Waals surface area contributed by atoms with E-state index in [1.54, 1.807) is 5.19 Å². The van der Waals surface area contributed by atoms with Crippen LogP contribution in [0.4, 0.5) is 0 Å². The van der Waals surface area contributed by atoms with Gasteiger partial charge in [-0.25, -0.2) is 0 Å². The standard InChI is InChI=1S/C43H61N2SiTe/c1-24(2)32-20-36(26(5)6)40(37(21-32)27(7)8)34-18-17-19-35(42(34)46(47)43-44(15)30(13)31(14)45(43)16)41-38(28(9)10)22-33(25(3)4)23-39(41)29(11)12/h17-29H,1-16H3/q+1. The first-order valence-corrected chi connectivity index (χ1v) is 22.9. The topological polar surface area (TPSA) is 8.81 Å². The second-order valence-corrected chi connectivity index (χ2v) is 20.8. The van der Waals surface area contributed by atoms with E-state index in [-0.39, 0.29) is 0 Å². The molecule has 0 aliphatic heterocycles. The van der Waals surface area contributed by atoms with Crippen LogP contribution in [0, 0.1) is 13.8 Å². The summed E-state index contributed by atoms with van der Waals surface area (Å²) in [6.07, 6.45) is -1.24. The molecule has 0 saturated carbocycles. The van der Waals surface area contributed by atoms with Crippen LogP contribution >= 0.6 is 0 Å². The first-order chi connectivity index (χ1) is 21.9. The van der Waals surface area contributed by atoms with E-state index in [9.17, 15) is 0 Å². The molecule has 4 aromatic rings.